The smallest absolute Gasteiger partial charge is 0.416 e. The molecule has 2 rings (SSSR count). The number of carbonyl (C=O) groups excluding carboxylic acids is 2. The molecule has 114 valence electrons. The molecule has 0 fully saturated rings. The zero-order valence-electron chi connectivity index (χ0n) is 11.7. The third kappa shape index (κ3) is 2.82. The minimum atomic E-state index is -1.38. The Hall–Kier alpha value is -1.79. The van der Waals surface area contributed by atoms with Crippen LogP contribution < -0.4 is 4.90 Å². The van der Waals surface area contributed by atoms with E-state index in [9.17, 15) is 14.7 Å². The second kappa shape index (κ2) is 6.32. The summed E-state index contributed by atoms with van der Waals surface area (Å²) in [7, 11) is 0. The standard InChI is InChI=1S/C14H16ClNO5/c1-3-20-13(18)11-9-7-8(15)5-6-10(9)16(12(11)17)14(19)21-4-2/h5-7,11-12,17H,3-4H2,1-2H3. The van der Waals surface area contributed by atoms with Gasteiger partial charge < -0.3 is 14.6 Å². The van der Waals surface area contributed by atoms with Gasteiger partial charge >= 0.3 is 12.1 Å². The Morgan fingerprint density at radius 1 is 1.29 bits per heavy atom. The highest BCUT2D eigenvalue weighted by Gasteiger charge is 2.46. The Morgan fingerprint density at radius 2 is 1.95 bits per heavy atom. The first-order valence-corrected chi connectivity index (χ1v) is 6.99. The van der Waals surface area contributed by atoms with Crippen molar-refractivity contribution in [1.29, 1.82) is 0 Å². The number of aliphatic hydroxyl groups excluding tert-OH is 1. The molecule has 1 amide bonds. The number of fused-ring (bicyclic) bond motifs is 1. The molecule has 7 heteroatoms. The Labute approximate surface area is 127 Å². The lowest BCUT2D eigenvalue weighted by molar-refractivity contribution is -0.147. The van der Waals surface area contributed by atoms with Gasteiger partial charge in [-0.15, -0.1) is 0 Å². The summed E-state index contributed by atoms with van der Waals surface area (Å²) in [4.78, 5) is 25.1. The summed E-state index contributed by atoms with van der Waals surface area (Å²) in [5.74, 6) is -1.61. The lowest BCUT2D eigenvalue weighted by Crippen LogP contribution is -2.41. The normalized spacial score (nSPS) is 20.1. The van der Waals surface area contributed by atoms with Crippen molar-refractivity contribution in [2.75, 3.05) is 18.1 Å². The summed E-state index contributed by atoms with van der Waals surface area (Å²) in [6, 6.07) is 4.69. The fourth-order valence-electron chi connectivity index (χ4n) is 2.33. The van der Waals surface area contributed by atoms with Crippen LogP contribution in [-0.2, 0) is 14.3 Å². The van der Waals surface area contributed by atoms with Crippen LogP contribution in [0.5, 0.6) is 0 Å². The van der Waals surface area contributed by atoms with E-state index < -0.39 is 24.2 Å². The largest absolute Gasteiger partial charge is 0.465 e. The van der Waals surface area contributed by atoms with Crippen LogP contribution in [0.2, 0.25) is 5.02 Å². The summed E-state index contributed by atoms with van der Waals surface area (Å²) < 4.78 is 9.87. The molecule has 0 saturated carbocycles. The van der Waals surface area contributed by atoms with E-state index in [1.807, 2.05) is 0 Å². The second-order valence-electron chi connectivity index (χ2n) is 4.42. The maximum Gasteiger partial charge on any atom is 0.416 e. The van der Waals surface area contributed by atoms with Crippen LogP contribution in [-0.4, -0.2) is 36.6 Å². The number of halogens is 1. The molecule has 0 spiro atoms. The van der Waals surface area contributed by atoms with E-state index in [0.29, 0.717) is 16.3 Å². The van der Waals surface area contributed by atoms with Gasteiger partial charge in [0.15, 0.2) is 6.23 Å². The van der Waals surface area contributed by atoms with Crippen LogP contribution in [0.3, 0.4) is 0 Å². The lowest BCUT2D eigenvalue weighted by Gasteiger charge is -2.22. The third-order valence-electron chi connectivity index (χ3n) is 3.15. The van der Waals surface area contributed by atoms with Crippen molar-refractivity contribution in [3.05, 3.63) is 28.8 Å². The number of aliphatic hydroxyl groups is 1. The summed E-state index contributed by atoms with van der Waals surface area (Å²) >= 11 is 5.94. The van der Waals surface area contributed by atoms with Gasteiger partial charge in [-0.2, -0.15) is 0 Å². The molecule has 0 bridgehead atoms. The highest BCUT2D eigenvalue weighted by Crippen LogP contribution is 2.42. The van der Waals surface area contributed by atoms with Gasteiger partial charge in [0.05, 0.1) is 18.9 Å². The summed E-state index contributed by atoms with van der Waals surface area (Å²) in [5, 5.41) is 10.7. The van der Waals surface area contributed by atoms with Crippen molar-refractivity contribution < 1.29 is 24.2 Å². The van der Waals surface area contributed by atoms with Crippen LogP contribution in [0.4, 0.5) is 10.5 Å². The Morgan fingerprint density at radius 3 is 2.57 bits per heavy atom. The maximum atomic E-state index is 12.1. The molecule has 1 aliphatic rings. The van der Waals surface area contributed by atoms with Gasteiger partial charge in [0.25, 0.3) is 0 Å². The summed E-state index contributed by atoms with van der Waals surface area (Å²) in [6.07, 6.45) is -2.10. The minimum Gasteiger partial charge on any atom is -0.465 e. The van der Waals surface area contributed by atoms with Gasteiger partial charge in [0.1, 0.15) is 5.92 Å². The number of anilines is 1. The zero-order valence-corrected chi connectivity index (χ0v) is 12.5. The monoisotopic (exact) mass is 313 g/mol. The highest BCUT2D eigenvalue weighted by molar-refractivity contribution is 6.30. The van der Waals surface area contributed by atoms with Crippen molar-refractivity contribution in [2.45, 2.75) is 26.0 Å². The molecule has 1 aliphatic heterocycles. The van der Waals surface area contributed by atoms with Crippen molar-refractivity contribution in [3.63, 3.8) is 0 Å². The van der Waals surface area contributed by atoms with Crippen molar-refractivity contribution in [3.8, 4) is 0 Å². The fourth-order valence-corrected chi connectivity index (χ4v) is 2.51. The van der Waals surface area contributed by atoms with Gasteiger partial charge in [-0.05, 0) is 37.6 Å². The van der Waals surface area contributed by atoms with Gasteiger partial charge in [-0.3, -0.25) is 4.79 Å². The molecule has 21 heavy (non-hydrogen) atoms. The molecular formula is C14H16ClNO5. The van der Waals surface area contributed by atoms with Crippen LogP contribution in [0.15, 0.2) is 18.2 Å². The Bertz CT molecular complexity index is 562. The van der Waals surface area contributed by atoms with Crippen molar-refractivity contribution in [2.24, 2.45) is 0 Å². The van der Waals surface area contributed by atoms with E-state index in [0.717, 1.165) is 4.90 Å². The molecule has 1 N–H and O–H groups in total. The van der Waals surface area contributed by atoms with Crippen LogP contribution in [0.25, 0.3) is 0 Å². The number of hydrogen-bond acceptors (Lipinski definition) is 5. The number of nitrogens with zero attached hydrogens (tertiary/aromatic N) is 1. The van der Waals surface area contributed by atoms with Crippen LogP contribution >= 0.6 is 11.6 Å². The van der Waals surface area contributed by atoms with E-state index in [4.69, 9.17) is 21.1 Å². The molecule has 2 atom stereocenters. The predicted octanol–water partition coefficient (Wildman–Crippen LogP) is 2.28. The molecule has 0 saturated heterocycles. The molecule has 0 radical (unpaired) electrons. The van der Waals surface area contributed by atoms with E-state index in [1.54, 1.807) is 32.0 Å². The van der Waals surface area contributed by atoms with Gasteiger partial charge in [0.2, 0.25) is 0 Å². The molecule has 0 aromatic heterocycles. The first-order valence-electron chi connectivity index (χ1n) is 6.61. The Balaban J connectivity index is 2.45. The average molecular weight is 314 g/mol. The molecule has 0 aliphatic carbocycles. The number of ether oxygens (including phenoxy) is 2. The maximum absolute atomic E-state index is 12.1. The molecule has 1 aromatic rings. The van der Waals surface area contributed by atoms with Crippen LogP contribution in [0.1, 0.15) is 25.3 Å². The zero-order chi connectivity index (χ0) is 15.6. The quantitative estimate of drug-likeness (QED) is 0.866. The fraction of sp³-hybridized carbons (Fsp3) is 0.429. The van der Waals surface area contributed by atoms with Crippen molar-refractivity contribution >= 4 is 29.4 Å². The first-order chi connectivity index (χ1) is 10.0. The van der Waals surface area contributed by atoms with Crippen molar-refractivity contribution in [1.82, 2.24) is 0 Å². The van der Waals surface area contributed by atoms with Gasteiger partial charge in [-0.25, -0.2) is 9.69 Å². The SMILES string of the molecule is CCOC(=O)C1c2cc(Cl)ccc2N(C(=O)OCC)C1O. The molecular weight excluding hydrogens is 298 g/mol. The van der Waals surface area contributed by atoms with Gasteiger partial charge in [0, 0.05) is 5.02 Å². The summed E-state index contributed by atoms with van der Waals surface area (Å²) in [6.45, 7) is 3.67. The van der Waals surface area contributed by atoms with E-state index in [2.05, 4.69) is 0 Å². The van der Waals surface area contributed by atoms with E-state index >= 15 is 0 Å². The van der Waals surface area contributed by atoms with Gasteiger partial charge in [-0.1, -0.05) is 11.6 Å². The summed E-state index contributed by atoms with van der Waals surface area (Å²) in [5.41, 5.74) is 0.838. The average Bonchev–Trinajstić information content (AvgIpc) is 2.70. The molecule has 6 nitrogen and oxygen atoms in total. The number of esters is 1. The molecule has 1 aromatic carbocycles. The number of benzene rings is 1. The van der Waals surface area contributed by atoms with E-state index in [1.165, 1.54) is 0 Å². The first kappa shape index (κ1) is 15.6. The van der Waals surface area contributed by atoms with Crippen LogP contribution in [0, 0.1) is 0 Å². The highest BCUT2D eigenvalue weighted by atomic mass is 35.5. The Kier molecular flexibility index (Phi) is 4.69. The van der Waals surface area contributed by atoms with E-state index in [-0.39, 0.29) is 13.2 Å². The third-order valence-corrected chi connectivity index (χ3v) is 3.39. The number of amides is 1. The number of carbonyl (C=O) groups is 2. The minimum absolute atomic E-state index is 0.162. The molecule has 1 heterocycles. The topological polar surface area (TPSA) is 76.1 Å². The number of rotatable bonds is 3. The lowest BCUT2D eigenvalue weighted by atomic mass is 10.0. The second-order valence-corrected chi connectivity index (χ2v) is 4.85. The predicted molar refractivity (Wildman–Crippen MR) is 76.3 cm³/mol. The molecule has 2 unspecified atom stereocenters. The number of hydrogen-bond donors (Lipinski definition) is 1.